The van der Waals surface area contributed by atoms with Gasteiger partial charge in [-0.25, -0.2) is 0 Å². The largest absolute Gasteiger partial charge is 0.497 e. The van der Waals surface area contributed by atoms with Crippen LogP contribution in [-0.4, -0.2) is 78.4 Å². The first-order valence-electron chi connectivity index (χ1n) is 13.0. The second-order valence-electron chi connectivity index (χ2n) is 11.2. The average Bonchev–Trinajstić information content (AvgIpc) is 3.66. The molecule has 1 aromatic carbocycles. The predicted molar refractivity (Wildman–Crippen MR) is 126 cm³/mol. The van der Waals surface area contributed by atoms with Crippen LogP contribution < -0.4 is 4.74 Å². The zero-order valence-corrected chi connectivity index (χ0v) is 19.9. The monoisotopic (exact) mass is 451 g/mol. The number of benzene rings is 1. The molecular weight excluding hydrogens is 414 g/mol. The van der Waals surface area contributed by atoms with Crippen LogP contribution in [0.4, 0.5) is 0 Å². The summed E-state index contributed by atoms with van der Waals surface area (Å²) in [5.41, 5.74) is 0.851. The van der Waals surface area contributed by atoms with Crippen LogP contribution in [0.15, 0.2) is 24.3 Å². The van der Waals surface area contributed by atoms with Crippen molar-refractivity contribution < 1.29 is 14.3 Å². The minimum atomic E-state index is -0.293. The van der Waals surface area contributed by atoms with Gasteiger partial charge in [0.25, 0.3) is 0 Å². The molecule has 1 saturated carbocycles. The summed E-state index contributed by atoms with van der Waals surface area (Å²) in [5.74, 6) is 2.85. The van der Waals surface area contributed by atoms with Crippen molar-refractivity contribution in [2.75, 3.05) is 39.8 Å². The van der Waals surface area contributed by atoms with Crippen molar-refractivity contribution in [3.05, 3.63) is 29.8 Å². The zero-order chi connectivity index (χ0) is 22.6. The number of methoxy groups -OCH3 is 1. The highest BCUT2D eigenvalue weighted by atomic mass is 16.5. The molecule has 6 nitrogen and oxygen atoms in total. The second-order valence-corrected chi connectivity index (χ2v) is 11.2. The summed E-state index contributed by atoms with van der Waals surface area (Å²) in [4.78, 5) is 33.0. The summed E-state index contributed by atoms with van der Waals surface area (Å²) in [7, 11) is 1.68. The fraction of sp³-hybridized carbons (Fsp3) is 0.704. The van der Waals surface area contributed by atoms with Crippen LogP contribution in [0.3, 0.4) is 0 Å². The third kappa shape index (κ3) is 3.74. The zero-order valence-electron chi connectivity index (χ0n) is 19.9. The van der Waals surface area contributed by atoms with Crippen LogP contribution in [0.1, 0.15) is 56.9 Å². The number of fused-ring (bicyclic) bond motifs is 4. The van der Waals surface area contributed by atoms with Crippen LogP contribution in [0.25, 0.3) is 0 Å². The number of carbonyl (C=O) groups excluding carboxylic acids is 2. The Balaban J connectivity index is 1.07. The minimum absolute atomic E-state index is 0.293. The third-order valence-corrected chi connectivity index (χ3v) is 9.28. The predicted octanol–water partition coefficient (Wildman–Crippen LogP) is 3.05. The fourth-order valence-corrected chi connectivity index (χ4v) is 7.34. The first-order chi connectivity index (χ1) is 16.1. The molecule has 4 saturated heterocycles. The van der Waals surface area contributed by atoms with Gasteiger partial charge < -0.3 is 14.5 Å². The molecule has 6 heteroatoms. The maximum absolute atomic E-state index is 13.5. The van der Waals surface area contributed by atoms with Gasteiger partial charge in [0.1, 0.15) is 5.75 Å². The fourth-order valence-electron chi connectivity index (χ4n) is 7.34. The molecule has 0 unspecified atom stereocenters. The number of rotatable bonds is 4. The van der Waals surface area contributed by atoms with E-state index in [4.69, 9.17) is 4.74 Å². The van der Waals surface area contributed by atoms with Crippen molar-refractivity contribution >= 4 is 11.8 Å². The summed E-state index contributed by atoms with van der Waals surface area (Å²) in [6.07, 6.45) is 8.40. The van der Waals surface area contributed by atoms with E-state index in [1.165, 1.54) is 12.8 Å². The molecule has 4 heterocycles. The molecule has 1 aromatic rings. The molecule has 2 amide bonds. The minimum Gasteiger partial charge on any atom is -0.497 e. The molecule has 5 aliphatic rings. The Morgan fingerprint density at radius 1 is 1.03 bits per heavy atom. The van der Waals surface area contributed by atoms with Crippen molar-refractivity contribution in [2.45, 2.75) is 68.9 Å². The molecular formula is C27H37N3O3. The summed E-state index contributed by atoms with van der Waals surface area (Å²) >= 11 is 0. The van der Waals surface area contributed by atoms with E-state index in [-0.39, 0.29) is 5.41 Å². The highest BCUT2D eigenvalue weighted by Crippen LogP contribution is 2.50. The first kappa shape index (κ1) is 21.5. The van der Waals surface area contributed by atoms with Crippen molar-refractivity contribution in [1.82, 2.24) is 14.7 Å². The van der Waals surface area contributed by atoms with Gasteiger partial charge in [0.05, 0.1) is 12.5 Å². The molecule has 0 N–H and O–H groups in total. The van der Waals surface area contributed by atoms with Gasteiger partial charge in [-0.2, -0.15) is 0 Å². The molecule has 5 fully saturated rings. The van der Waals surface area contributed by atoms with E-state index in [1.807, 2.05) is 12.1 Å². The Labute approximate surface area is 197 Å². The molecule has 178 valence electrons. The molecule has 3 atom stereocenters. The Morgan fingerprint density at radius 3 is 2.48 bits per heavy atom. The van der Waals surface area contributed by atoms with Crippen molar-refractivity contribution in [1.29, 1.82) is 0 Å². The quantitative estimate of drug-likeness (QED) is 0.706. The van der Waals surface area contributed by atoms with Crippen LogP contribution in [-0.2, 0) is 15.0 Å². The maximum Gasteiger partial charge on any atom is 0.233 e. The summed E-state index contributed by atoms with van der Waals surface area (Å²) < 4.78 is 5.29. The van der Waals surface area contributed by atoms with Gasteiger partial charge >= 0.3 is 0 Å². The summed E-state index contributed by atoms with van der Waals surface area (Å²) in [5, 5.41) is 0. The van der Waals surface area contributed by atoms with E-state index in [0.29, 0.717) is 35.7 Å². The third-order valence-electron chi connectivity index (χ3n) is 9.28. The Hall–Kier alpha value is -2.08. The lowest BCUT2D eigenvalue weighted by Gasteiger charge is -2.54. The van der Waals surface area contributed by atoms with E-state index < -0.39 is 0 Å². The molecule has 1 aliphatic carbocycles. The van der Waals surface area contributed by atoms with Gasteiger partial charge in [0.15, 0.2) is 0 Å². The van der Waals surface area contributed by atoms with Gasteiger partial charge in [0.2, 0.25) is 11.8 Å². The maximum atomic E-state index is 13.5. The number of amides is 2. The van der Waals surface area contributed by atoms with Crippen molar-refractivity contribution in [3.63, 3.8) is 0 Å². The van der Waals surface area contributed by atoms with Crippen LogP contribution in [0.2, 0.25) is 0 Å². The molecule has 0 radical (unpaired) electrons. The van der Waals surface area contributed by atoms with E-state index in [9.17, 15) is 9.59 Å². The SMILES string of the molecule is COc1ccc(C2(C(=O)N3CCC(N4C[C@@H]5C[C@H](C4)[C@H]4CCCC(=O)N4C5)CC3)CC2)cc1. The second kappa shape index (κ2) is 8.30. The van der Waals surface area contributed by atoms with E-state index >= 15 is 0 Å². The smallest absolute Gasteiger partial charge is 0.233 e. The number of nitrogens with zero attached hydrogens (tertiary/aromatic N) is 3. The number of piperidine rings is 4. The molecule has 0 aromatic heterocycles. The Kier molecular flexibility index (Phi) is 5.39. The highest BCUT2D eigenvalue weighted by molar-refractivity contribution is 5.91. The summed E-state index contributed by atoms with van der Waals surface area (Å²) in [6.45, 7) is 4.99. The van der Waals surface area contributed by atoms with Gasteiger partial charge in [-0.15, -0.1) is 0 Å². The van der Waals surface area contributed by atoms with Gasteiger partial charge in [-0.3, -0.25) is 14.5 Å². The lowest BCUT2D eigenvalue weighted by atomic mass is 9.75. The van der Waals surface area contributed by atoms with E-state index in [1.54, 1.807) is 7.11 Å². The van der Waals surface area contributed by atoms with Gasteiger partial charge in [0, 0.05) is 51.2 Å². The standard InChI is InChI=1S/C27H37N3O3/c1-33-23-7-5-21(6-8-23)27(11-12-27)26(32)28-13-9-22(10-14-28)29-16-19-15-20(18-29)24-3-2-4-25(31)30(24)17-19/h5-8,19-20,22,24H,2-4,9-18H2,1H3/t19-,20+,24+/m0/s1. The molecule has 33 heavy (non-hydrogen) atoms. The Bertz CT molecular complexity index is 904. The average molecular weight is 452 g/mol. The molecule has 4 aliphatic heterocycles. The summed E-state index contributed by atoms with van der Waals surface area (Å²) in [6, 6.07) is 9.16. The molecule has 6 rings (SSSR count). The topological polar surface area (TPSA) is 53.1 Å². The van der Waals surface area contributed by atoms with Gasteiger partial charge in [-0.1, -0.05) is 12.1 Å². The van der Waals surface area contributed by atoms with Gasteiger partial charge in [-0.05, 0) is 74.5 Å². The Morgan fingerprint density at radius 2 is 1.79 bits per heavy atom. The normalized spacial score (nSPS) is 31.8. The number of likely N-dealkylation sites (tertiary alicyclic amines) is 2. The molecule has 0 spiro atoms. The highest BCUT2D eigenvalue weighted by Gasteiger charge is 2.53. The van der Waals surface area contributed by atoms with E-state index in [2.05, 4.69) is 26.8 Å². The first-order valence-corrected chi connectivity index (χ1v) is 13.0. The lowest BCUT2D eigenvalue weighted by Crippen LogP contribution is -2.62. The number of ether oxygens (including phenoxy) is 1. The van der Waals surface area contributed by atoms with Crippen LogP contribution >= 0.6 is 0 Å². The number of hydrogen-bond donors (Lipinski definition) is 0. The van der Waals surface area contributed by atoms with E-state index in [0.717, 1.165) is 82.6 Å². The van der Waals surface area contributed by atoms with Crippen molar-refractivity contribution in [3.8, 4) is 5.75 Å². The van der Waals surface area contributed by atoms with Crippen LogP contribution in [0, 0.1) is 11.8 Å². The number of hydrogen-bond acceptors (Lipinski definition) is 4. The number of carbonyl (C=O) groups is 2. The lowest BCUT2D eigenvalue weighted by molar-refractivity contribution is -0.146. The van der Waals surface area contributed by atoms with Crippen molar-refractivity contribution in [2.24, 2.45) is 11.8 Å². The molecule has 2 bridgehead atoms. The van der Waals surface area contributed by atoms with Crippen LogP contribution in [0.5, 0.6) is 5.75 Å².